The van der Waals surface area contributed by atoms with Crippen molar-refractivity contribution in [2.24, 2.45) is 0 Å². The third-order valence-electron chi connectivity index (χ3n) is 2.87. The third-order valence-corrected chi connectivity index (χ3v) is 3.18. The molecule has 9 heteroatoms. The second-order valence-corrected chi connectivity index (χ2v) is 5.00. The standard InChI is InChI=1S/C15H11ClN2O6/c16-13-7-10(18(22)23)3-6-12(13)15(21)24-8-14(20)17-9-1-4-11(19)5-2-9/h1-7,19H,8H2,(H,17,20). The molecule has 2 rings (SSSR count). The van der Waals surface area contributed by atoms with Gasteiger partial charge in [0, 0.05) is 17.8 Å². The number of ether oxygens (including phenoxy) is 1. The maximum Gasteiger partial charge on any atom is 0.340 e. The molecule has 0 unspecified atom stereocenters. The van der Waals surface area contributed by atoms with Gasteiger partial charge in [0.05, 0.1) is 15.5 Å². The molecule has 24 heavy (non-hydrogen) atoms. The fourth-order valence-corrected chi connectivity index (χ4v) is 1.99. The maximum atomic E-state index is 11.9. The van der Waals surface area contributed by atoms with Crippen LogP contribution in [0.25, 0.3) is 0 Å². The number of nitrogens with zero attached hydrogens (tertiary/aromatic N) is 1. The Morgan fingerprint density at radius 3 is 2.46 bits per heavy atom. The molecule has 2 aromatic carbocycles. The molecule has 1 amide bonds. The molecule has 0 fully saturated rings. The van der Waals surface area contributed by atoms with E-state index in [1.807, 2.05) is 0 Å². The summed E-state index contributed by atoms with van der Waals surface area (Å²) in [7, 11) is 0. The normalized spacial score (nSPS) is 10.0. The van der Waals surface area contributed by atoms with E-state index in [1.54, 1.807) is 0 Å². The highest BCUT2D eigenvalue weighted by molar-refractivity contribution is 6.33. The van der Waals surface area contributed by atoms with E-state index in [9.17, 15) is 19.7 Å². The Labute approximate surface area is 140 Å². The number of phenolic OH excluding ortho intramolecular Hbond substituents is 1. The molecule has 124 valence electrons. The number of carbonyl (C=O) groups is 2. The zero-order valence-electron chi connectivity index (χ0n) is 12.1. The van der Waals surface area contributed by atoms with Crippen LogP contribution in [0.5, 0.6) is 5.75 Å². The first-order chi connectivity index (χ1) is 11.4. The van der Waals surface area contributed by atoms with Gasteiger partial charge in [-0.05, 0) is 30.3 Å². The number of hydrogen-bond acceptors (Lipinski definition) is 6. The third kappa shape index (κ3) is 4.43. The van der Waals surface area contributed by atoms with Crippen LogP contribution in [0.4, 0.5) is 11.4 Å². The van der Waals surface area contributed by atoms with Crippen molar-refractivity contribution in [3.63, 3.8) is 0 Å². The van der Waals surface area contributed by atoms with Crippen LogP contribution in [-0.2, 0) is 9.53 Å². The summed E-state index contributed by atoms with van der Waals surface area (Å²) in [4.78, 5) is 33.5. The van der Waals surface area contributed by atoms with Gasteiger partial charge in [-0.25, -0.2) is 4.79 Å². The van der Waals surface area contributed by atoms with Crippen molar-refractivity contribution in [2.75, 3.05) is 11.9 Å². The summed E-state index contributed by atoms with van der Waals surface area (Å²) in [6.07, 6.45) is 0. The number of non-ortho nitro benzene ring substituents is 1. The van der Waals surface area contributed by atoms with E-state index < -0.39 is 23.4 Å². The lowest BCUT2D eigenvalue weighted by Gasteiger charge is -2.07. The zero-order chi connectivity index (χ0) is 17.7. The number of halogens is 1. The van der Waals surface area contributed by atoms with Gasteiger partial charge in [-0.2, -0.15) is 0 Å². The van der Waals surface area contributed by atoms with Crippen molar-refractivity contribution < 1.29 is 24.4 Å². The fourth-order valence-electron chi connectivity index (χ4n) is 1.73. The average Bonchev–Trinajstić information content (AvgIpc) is 2.54. The van der Waals surface area contributed by atoms with Gasteiger partial charge >= 0.3 is 5.97 Å². The van der Waals surface area contributed by atoms with Crippen LogP contribution in [0, 0.1) is 10.1 Å². The van der Waals surface area contributed by atoms with Crippen LogP contribution < -0.4 is 5.32 Å². The molecule has 0 aliphatic carbocycles. The van der Waals surface area contributed by atoms with E-state index in [0.29, 0.717) is 5.69 Å². The summed E-state index contributed by atoms with van der Waals surface area (Å²) in [5.41, 5.74) is 0.0727. The molecule has 0 saturated carbocycles. The van der Waals surface area contributed by atoms with E-state index in [0.717, 1.165) is 18.2 Å². The Balaban J connectivity index is 1.94. The minimum Gasteiger partial charge on any atom is -0.508 e. The van der Waals surface area contributed by atoms with Gasteiger partial charge in [0.15, 0.2) is 6.61 Å². The molecule has 0 spiro atoms. The van der Waals surface area contributed by atoms with Gasteiger partial charge < -0.3 is 15.2 Å². The lowest BCUT2D eigenvalue weighted by atomic mass is 10.2. The van der Waals surface area contributed by atoms with Crippen LogP contribution in [0.3, 0.4) is 0 Å². The lowest BCUT2D eigenvalue weighted by Crippen LogP contribution is -2.21. The molecule has 0 bridgehead atoms. The first kappa shape index (κ1) is 17.2. The number of nitrogens with one attached hydrogen (secondary N) is 1. The first-order valence-electron chi connectivity index (χ1n) is 6.57. The predicted octanol–water partition coefficient (Wildman–Crippen LogP) is 2.75. The van der Waals surface area contributed by atoms with Crippen molar-refractivity contribution in [1.29, 1.82) is 0 Å². The van der Waals surface area contributed by atoms with E-state index in [1.165, 1.54) is 24.3 Å². The number of aromatic hydroxyl groups is 1. The largest absolute Gasteiger partial charge is 0.508 e. The van der Waals surface area contributed by atoms with Gasteiger partial charge in [-0.15, -0.1) is 0 Å². The second-order valence-electron chi connectivity index (χ2n) is 4.59. The number of hydrogen-bond donors (Lipinski definition) is 2. The molecule has 0 aliphatic rings. The summed E-state index contributed by atoms with van der Waals surface area (Å²) < 4.78 is 4.81. The van der Waals surface area contributed by atoms with E-state index >= 15 is 0 Å². The number of phenols is 1. The van der Waals surface area contributed by atoms with E-state index in [2.05, 4.69) is 5.32 Å². The molecule has 2 N–H and O–H groups in total. The summed E-state index contributed by atoms with van der Waals surface area (Å²) in [6.45, 7) is -0.562. The Kier molecular flexibility index (Phi) is 5.33. The van der Waals surface area contributed by atoms with Gasteiger partial charge in [-0.1, -0.05) is 11.6 Å². The summed E-state index contributed by atoms with van der Waals surface area (Å²) in [5, 5.41) is 22.1. The number of carbonyl (C=O) groups excluding carboxylic acids is 2. The van der Waals surface area contributed by atoms with Crippen molar-refractivity contribution in [3.8, 4) is 5.75 Å². The molecule has 0 heterocycles. The Morgan fingerprint density at radius 2 is 1.88 bits per heavy atom. The number of anilines is 1. The molecule has 2 aromatic rings. The number of nitro benzene ring substituents is 1. The second kappa shape index (κ2) is 7.42. The summed E-state index contributed by atoms with van der Waals surface area (Å²) in [6, 6.07) is 9.01. The van der Waals surface area contributed by atoms with Gasteiger partial charge in [0.1, 0.15) is 5.75 Å². The number of nitro groups is 1. The topological polar surface area (TPSA) is 119 Å². The molecule has 0 atom stereocenters. The highest BCUT2D eigenvalue weighted by Crippen LogP contribution is 2.23. The number of rotatable bonds is 5. The maximum absolute atomic E-state index is 11.9. The van der Waals surface area contributed by atoms with Gasteiger partial charge in [0.2, 0.25) is 0 Å². The van der Waals surface area contributed by atoms with Crippen LogP contribution in [-0.4, -0.2) is 28.5 Å². The Hall–Kier alpha value is -3.13. The monoisotopic (exact) mass is 350 g/mol. The summed E-state index contributed by atoms with van der Waals surface area (Å²) in [5.74, 6) is -1.42. The van der Waals surface area contributed by atoms with Crippen LogP contribution in [0.2, 0.25) is 5.02 Å². The average molecular weight is 351 g/mol. The quantitative estimate of drug-likeness (QED) is 0.370. The lowest BCUT2D eigenvalue weighted by molar-refractivity contribution is -0.384. The van der Waals surface area contributed by atoms with Crippen molar-refractivity contribution in [1.82, 2.24) is 0 Å². The molecule has 8 nitrogen and oxygen atoms in total. The molecule has 0 aliphatic heterocycles. The van der Waals surface area contributed by atoms with Crippen molar-refractivity contribution in [3.05, 3.63) is 63.2 Å². The number of benzene rings is 2. The minimum atomic E-state index is -0.879. The molecule has 0 aromatic heterocycles. The molecule has 0 saturated heterocycles. The Bertz CT molecular complexity index is 791. The minimum absolute atomic E-state index is 0.0484. The smallest absolute Gasteiger partial charge is 0.340 e. The van der Waals surface area contributed by atoms with Gasteiger partial charge in [-0.3, -0.25) is 14.9 Å². The zero-order valence-corrected chi connectivity index (χ0v) is 12.8. The van der Waals surface area contributed by atoms with Crippen LogP contribution in [0.1, 0.15) is 10.4 Å². The SMILES string of the molecule is O=C(COC(=O)c1ccc([N+](=O)[O-])cc1Cl)Nc1ccc(O)cc1. The van der Waals surface area contributed by atoms with E-state index in [4.69, 9.17) is 21.4 Å². The van der Waals surface area contributed by atoms with Crippen LogP contribution in [0.15, 0.2) is 42.5 Å². The van der Waals surface area contributed by atoms with Crippen molar-refractivity contribution in [2.45, 2.75) is 0 Å². The number of amides is 1. The highest BCUT2D eigenvalue weighted by atomic mass is 35.5. The number of esters is 1. The highest BCUT2D eigenvalue weighted by Gasteiger charge is 2.17. The molecular formula is C15H11ClN2O6. The van der Waals surface area contributed by atoms with Crippen LogP contribution >= 0.6 is 11.6 Å². The van der Waals surface area contributed by atoms with Gasteiger partial charge in [0.25, 0.3) is 11.6 Å². The Morgan fingerprint density at radius 1 is 1.21 bits per heavy atom. The predicted molar refractivity (Wildman–Crippen MR) is 85.1 cm³/mol. The summed E-state index contributed by atoms with van der Waals surface area (Å²) >= 11 is 5.80. The fraction of sp³-hybridized carbons (Fsp3) is 0.0667. The molecule has 0 radical (unpaired) electrons. The van der Waals surface area contributed by atoms with E-state index in [-0.39, 0.29) is 22.0 Å². The van der Waals surface area contributed by atoms with Crippen molar-refractivity contribution >= 4 is 34.9 Å². The first-order valence-corrected chi connectivity index (χ1v) is 6.94. The molecular weight excluding hydrogens is 340 g/mol.